The zero-order valence-electron chi connectivity index (χ0n) is 13.2. The summed E-state index contributed by atoms with van der Waals surface area (Å²) in [6.45, 7) is 3.80. The summed E-state index contributed by atoms with van der Waals surface area (Å²) in [6.07, 6.45) is 0. The summed E-state index contributed by atoms with van der Waals surface area (Å²) in [7, 11) is 0. The molecular weight excluding hydrogens is 308 g/mol. The molecular formula is C18H22N2O2S. The lowest BCUT2D eigenvalue weighted by Gasteiger charge is -2.25. The number of rotatable bonds is 7. The average Bonchev–Trinajstić information content (AvgIpc) is 2.57. The number of anilines is 1. The second-order valence-corrected chi connectivity index (χ2v) is 5.41. The van der Waals surface area contributed by atoms with Gasteiger partial charge in [-0.05, 0) is 49.0 Å². The summed E-state index contributed by atoms with van der Waals surface area (Å²) in [5.41, 5.74) is 2.05. The number of hydrogen-bond acceptors (Lipinski definition) is 3. The van der Waals surface area contributed by atoms with Gasteiger partial charge in [-0.15, -0.1) is 0 Å². The summed E-state index contributed by atoms with van der Waals surface area (Å²) in [5.74, 6) is 0.834. The maximum absolute atomic E-state index is 9.28. The monoisotopic (exact) mass is 330 g/mol. The number of thiocarbonyl (C=S) groups is 1. The normalized spacial score (nSPS) is 10.2. The Morgan fingerprint density at radius 1 is 1.13 bits per heavy atom. The van der Waals surface area contributed by atoms with E-state index in [0.29, 0.717) is 24.8 Å². The van der Waals surface area contributed by atoms with Crippen molar-refractivity contribution >= 4 is 23.0 Å². The molecule has 2 aromatic rings. The van der Waals surface area contributed by atoms with E-state index in [1.54, 1.807) is 0 Å². The molecule has 0 unspecified atom stereocenters. The number of aliphatic hydroxyl groups is 1. The lowest BCUT2D eigenvalue weighted by Crippen LogP contribution is -2.36. The van der Waals surface area contributed by atoms with Gasteiger partial charge in [0.05, 0.1) is 13.2 Å². The van der Waals surface area contributed by atoms with Gasteiger partial charge in [-0.2, -0.15) is 0 Å². The summed E-state index contributed by atoms with van der Waals surface area (Å²) in [5, 5.41) is 13.1. The van der Waals surface area contributed by atoms with Crippen molar-refractivity contribution in [2.24, 2.45) is 0 Å². The third kappa shape index (κ3) is 5.54. The summed E-state index contributed by atoms with van der Waals surface area (Å²) in [6, 6.07) is 17.7. The zero-order chi connectivity index (χ0) is 16.5. The van der Waals surface area contributed by atoms with Gasteiger partial charge in [0.25, 0.3) is 0 Å². The van der Waals surface area contributed by atoms with E-state index in [4.69, 9.17) is 17.0 Å². The quantitative estimate of drug-likeness (QED) is 0.763. The van der Waals surface area contributed by atoms with Crippen LogP contribution < -0.4 is 10.1 Å². The minimum absolute atomic E-state index is 0.0535. The number of hydrogen-bond donors (Lipinski definition) is 2. The summed E-state index contributed by atoms with van der Waals surface area (Å²) < 4.78 is 5.43. The highest BCUT2D eigenvalue weighted by molar-refractivity contribution is 7.80. The maximum atomic E-state index is 9.28. The van der Waals surface area contributed by atoms with E-state index in [2.05, 4.69) is 5.32 Å². The Morgan fingerprint density at radius 2 is 1.83 bits per heavy atom. The number of benzene rings is 2. The topological polar surface area (TPSA) is 44.7 Å². The van der Waals surface area contributed by atoms with Gasteiger partial charge in [0.1, 0.15) is 5.75 Å². The van der Waals surface area contributed by atoms with Crippen LogP contribution in [0.25, 0.3) is 0 Å². The standard InChI is InChI=1S/C18H22N2O2S/c1-2-22-17-10-8-16(9-11-17)19-18(23)20(12-13-21)14-15-6-4-3-5-7-15/h3-11,21H,2,12-14H2,1H3,(H,19,23). The van der Waals surface area contributed by atoms with E-state index < -0.39 is 0 Å². The fourth-order valence-corrected chi connectivity index (χ4v) is 2.45. The second-order valence-electron chi connectivity index (χ2n) is 5.02. The van der Waals surface area contributed by atoms with Gasteiger partial charge in [0.15, 0.2) is 5.11 Å². The first kappa shape index (κ1) is 17.2. The predicted molar refractivity (Wildman–Crippen MR) is 97.8 cm³/mol. The molecule has 0 aromatic heterocycles. The molecule has 0 aliphatic rings. The van der Waals surface area contributed by atoms with Crippen LogP contribution >= 0.6 is 12.2 Å². The van der Waals surface area contributed by atoms with Gasteiger partial charge in [0, 0.05) is 18.8 Å². The van der Waals surface area contributed by atoms with Gasteiger partial charge in [-0.25, -0.2) is 0 Å². The van der Waals surface area contributed by atoms with Gasteiger partial charge in [0.2, 0.25) is 0 Å². The van der Waals surface area contributed by atoms with Crippen LogP contribution in [-0.4, -0.2) is 34.9 Å². The Morgan fingerprint density at radius 3 is 2.43 bits per heavy atom. The first-order valence-electron chi connectivity index (χ1n) is 7.66. The Hall–Kier alpha value is -2.11. The number of nitrogens with one attached hydrogen (secondary N) is 1. The fraction of sp³-hybridized carbons (Fsp3) is 0.278. The van der Waals surface area contributed by atoms with E-state index in [9.17, 15) is 5.11 Å². The molecule has 122 valence electrons. The number of nitrogens with zero attached hydrogens (tertiary/aromatic N) is 1. The van der Waals surface area contributed by atoms with E-state index in [1.807, 2.05) is 66.4 Å². The fourth-order valence-electron chi connectivity index (χ4n) is 2.18. The molecule has 0 bridgehead atoms. The van der Waals surface area contributed by atoms with E-state index in [-0.39, 0.29) is 6.61 Å². The molecule has 2 rings (SSSR count). The van der Waals surface area contributed by atoms with Crippen LogP contribution in [0.15, 0.2) is 54.6 Å². The number of aliphatic hydroxyl groups excluding tert-OH is 1. The molecule has 0 aliphatic heterocycles. The lowest BCUT2D eigenvalue weighted by atomic mass is 10.2. The number of ether oxygens (including phenoxy) is 1. The van der Waals surface area contributed by atoms with Crippen molar-refractivity contribution in [1.29, 1.82) is 0 Å². The molecule has 23 heavy (non-hydrogen) atoms. The second kappa shape index (κ2) is 9.12. The minimum Gasteiger partial charge on any atom is -0.494 e. The molecule has 0 amide bonds. The molecule has 0 aliphatic carbocycles. The zero-order valence-corrected chi connectivity index (χ0v) is 14.1. The van der Waals surface area contributed by atoms with Crippen LogP contribution in [0.5, 0.6) is 5.75 Å². The van der Waals surface area contributed by atoms with Crippen LogP contribution in [-0.2, 0) is 6.54 Å². The van der Waals surface area contributed by atoms with Crippen LogP contribution in [0.4, 0.5) is 5.69 Å². The molecule has 0 heterocycles. The SMILES string of the molecule is CCOc1ccc(NC(=S)N(CCO)Cc2ccccc2)cc1. The van der Waals surface area contributed by atoms with Crippen molar-refractivity contribution < 1.29 is 9.84 Å². The third-order valence-corrected chi connectivity index (χ3v) is 3.65. The van der Waals surface area contributed by atoms with E-state index >= 15 is 0 Å². The first-order valence-corrected chi connectivity index (χ1v) is 8.07. The van der Waals surface area contributed by atoms with E-state index in [1.165, 1.54) is 0 Å². The first-order chi connectivity index (χ1) is 11.2. The Labute approximate surface area is 142 Å². The van der Waals surface area contributed by atoms with Gasteiger partial charge < -0.3 is 20.1 Å². The van der Waals surface area contributed by atoms with Gasteiger partial charge in [-0.3, -0.25) is 0 Å². The van der Waals surface area contributed by atoms with E-state index in [0.717, 1.165) is 17.0 Å². The lowest BCUT2D eigenvalue weighted by molar-refractivity contribution is 0.248. The Kier molecular flexibility index (Phi) is 6.84. The maximum Gasteiger partial charge on any atom is 0.173 e. The molecule has 0 saturated heterocycles. The van der Waals surface area contributed by atoms with Crippen LogP contribution in [0.3, 0.4) is 0 Å². The van der Waals surface area contributed by atoms with Crippen LogP contribution in [0, 0.1) is 0 Å². The smallest absolute Gasteiger partial charge is 0.173 e. The molecule has 0 spiro atoms. The van der Waals surface area contributed by atoms with Crippen LogP contribution in [0.1, 0.15) is 12.5 Å². The molecule has 2 N–H and O–H groups in total. The Balaban J connectivity index is 1.99. The van der Waals surface area contributed by atoms with Crippen molar-refractivity contribution in [1.82, 2.24) is 4.90 Å². The van der Waals surface area contributed by atoms with Crippen molar-refractivity contribution in [3.8, 4) is 5.75 Å². The van der Waals surface area contributed by atoms with Crippen molar-refractivity contribution in [3.63, 3.8) is 0 Å². The molecule has 0 fully saturated rings. The van der Waals surface area contributed by atoms with Gasteiger partial charge >= 0.3 is 0 Å². The summed E-state index contributed by atoms with van der Waals surface area (Å²) >= 11 is 5.48. The van der Waals surface area contributed by atoms with Crippen molar-refractivity contribution in [2.75, 3.05) is 25.1 Å². The third-order valence-electron chi connectivity index (χ3n) is 3.29. The van der Waals surface area contributed by atoms with Crippen LogP contribution in [0.2, 0.25) is 0 Å². The molecule has 0 radical (unpaired) electrons. The molecule has 4 nitrogen and oxygen atoms in total. The summed E-state index contributed by atoms with van der Waals surface area (Å²) in [4.78, 5) is 1.95. The minimum atomic E-state index is 0.0535. The largest absolute Gasteiger partial charge is 0.494 e. The van der Waals surface area contributed by atoms with Crippen molar-refractivity contribution in [2.45, 2.75) is 13.5 Å². The molecule has 0 atom stereocenters. The Bertz CT molecular complexity index is 602. The predicted octanol–water partition coefficient (Wildman–Crippen LogP) is 3.28. The van der Waals surface area contributed by atoms with Gasteiger partial charge in [-0.1, -0.05) is 30.3 Å². The van der Waals surface area contributed by atoms with Crippen molar-refractivity contribution in [3.05, 3.63) is 60.2 Å². The molecule has 0 saturated carbocycles. The average molecular weight is 330 g/mol. The highest BCUT2D eigenvalue weighted by atomic mass is 32.1. The molecule has 5 heteroatoms. The highest BCUT2D eigenvalue weighted by Gasteiger charge is 2.10. The highest BCUT2D eigenvalue weighted by Crippen LogP contribution is 2.16. The molecule has 2 aromatic carbocycles.